The van der Waals surface area contributed by atoms with Gasteiger partial charge in [0.05, 0.1) is 17.4 Å². The van der Waals surface area contributed by atoms with Crippen LogP contribution in [-0.2, 0) is 0 Å². The molecule has 0 saturated carbocycles. The molecule has 0 unspecified atom stereocenters. The Morgan fingerprint density at radius 2 is 2.13 bits per heavy atom. The quantitative estimate of drug-likeness (QED) is 0.447. The summed E-state index contributed by atoms with van der Waals surface area (Å²) >= 11 is 1.41. The van der Waals surface area contributed by atoms with Gasteiger partial charge in [-0.25, -0.2) is 15.0 Å². The van der Waals surface area contributed by atoms with Gasteiger partial charge >= 0.3 is 0 Å². The number of nitrogens with one attached hydrogen (secondary N) is 1. The van der Waals surface area contributed by atoms with Crippen molar-refractivity contribution in [1.82, 2.24) is 19.9 Å². The summed E-state index contributed by atoms with van der Waals surface area (Å²) < 4.78 is 5.54. The van der Waals surface area contributed by atoms with Crippen molar-refractivity contribution in [2.24, 2.45) is 0 Å². The fourth-order valence-electron chi connectivity index (χ4n) is 1.67. The number of anilines is 2. The van der Waals surface area contributed by atoms with E-state index in [4.69, 9.17) is 4.74 Å². The Labute approximate surface area is 139 Å². The highest BCUT2D eigenvalue weighted by Crippen LogP contribution is 2.20. The minimum absolute atomic E-state index is 0.397. The van der Waals surface area contributed by atoms with Crippen molar-refractivity contribution >= 4 is 29.6 Å². The number of hydrogen-bond acceptors (Lipinski definition) is 8. The van der Waals surface area contributed by atoms with Gasteiger partial charge < -0.3 is 15.0 Å². The summed E-state index contributed by atoms with van der Waals surface area (Å²) in [6, 6.07) is 3.60. The average molecular weight is 333 g/mol. The summed E-state index contributed by atoms with van der Waals surface area (Å²) in [6.07, 6.45) is 5.74. The van der Waals surface area contributed by atoms with Gasteiger partial charge in [0.1, 0.15) is 12.4 Å². The van der Waals surface area contributed by atoms with Crippen molar-refractivity contribution in [3.8, 4) is 5.88 Å². The number of hydrogen-bond donors (Lipinski definition) is 1. The van der Waals surface area contributed by atoms with E-state index < -0.39 is 0 Å². The maximum absolute atomic E-state index is 11.1. The number of likely N-dealkylation sites (N-methyl/N-ethyl adjacent to an activating group) is 1. The van der Waals surface area contributed by atoms with Crippen LogP contribution in [0.5, 0.6) is 5.88 Å². The summed E-state index contributed by atoms with van der Waals surface area (Å²) in [5.74, 6) is 1.02. The molecule has 0 spiro atoms. The summed E-state index contributed by atoms with van der Waals surface area (Å²) in [5.41, 5.74) is 1.12. The maximum atomic E-state index is 11.1. The Morgan fingerprint density at radius 3 is 2.74 bits per heavy atom. The molecule has 2 aromatic heterocycles. The van der Waals surface area contributed by atoms with E-state index in [-0.39, 0.29) is 0 Å². The molecule has 8 heteroatoms. The van der Waals surface area contributed by atoms with Gasteiger partial charge in [-0.1, -0.05) is 11.8 Å². The third kappa shape index (κ3) is 5.19. The van der Waals surface area contributed by atoms with Gasteiger partial charge in [-0.3, -0.25) is 4.79 Å². The summed E-state index contributed by atoms with van der Waals surface area (Å²) in [4.78, 5) is 25.7. The van der Waals surface area contributed by atoms with E-state index in [1.807, 2.05) is 31.3 Å². The Balaban J connectivity index is 2.04. The molecule has 0 fully saturated rings. The van der Waals surface area contributed by atoms with Crippen LogP contribution in [0.1, 0.15) is 10.4 Å². The van der Waals surface area contributed by atoms with E-state index in [9.17, 15) is 4.79 Å². The first-order chi connectivity index (χ1) is 11.1. The molecule has 7 nitrogen and oxygen atoms in total. The van der Waals surface area contributed by atoms with Gasteiger partial charge in [0.25, 0.3) is 0 Å². The van der Waals surface area contributed by atoms with Crippen molar-refractivity contribution in [1.29, 1.82) is 0 Å². The van der Waals surface area contributed by atoms with Gasteiger partial charge in [-0.15, -0.1) is 0 Å². The third-order valence-electron chi connectivity index (χ3n) is 2.89. The molecule has 0 bridgehead atoms. The lowest BCUT2D eigenvalue weighted by Gasteiger charge is -2.11. The standard InChI is InChI=1S/C15H19N5O2S/c1-20(2)6-7-22-13-5-4-12(9-16-13)18-14-11(10-21)8-17-15(19-14)23-3/h4-5,8-10H,6-7H2,1-3H3,(H,17,18,19). The number of thioether (sulfide) groups is 1. The van der Waals surface area contributed by atoms with Crippen LogP contribution < -0.4 is 10.1 Å². The molecule has 0 aliphatic heterocycles. The lowest BCUT2D eigenvalue weighted by atomic mass is 10.3. The first-order valence-electron chi connectivity index (χ1n) is 6.99. The van der Waals surface area contributed by atoms with Crippen molar-refractivity contribution in [3.63, 3.8) is 0 Å². The van der Waals surface area contributed by atoms with Crippen LogP contribution in [0, 0.1) is 0 Å². The van der Waals surface area contributed by atoms with Gasteiger partial charge in [0, 0.05) is 18.8 Å². The van der Waals surface area contributed by atoms with Crippen LogP contribution in [-0.4, -0.2) is 59.6 Å². The molecule has 0 aliphatic carbocycles. The predicted molar refractivity (Wildman–Crippen MR) is 90.8 cm³/mol. The van der Waals surface area contributed by atoms with Crippen molar-refractivity contribution in [2.75, 3.05) is 38.8 Å². The highest BCUT2D eigenvalue weighted by molar-refractivity contribution is 7.98. The van der Waals surface area contributed by atoms with Gasteiger partial charge in [-0.05, 0) is 26.4 Å². The number of ether oxygens (including phenoxy) is 1. The zero-order valence-electron chi connectivity index (χ0n) is 13.3. The molecule has 0 atom stereocenters. The summed E-state index contributed by atoms with van der Waals surface area (Å²) in [7, 11) is 3.97. The van der Waals surface area contributed by atoms with Crippen LogP contribution in [0.3, 0.4) is 0 Å². The summed E-state index contributed by atoms with van der Waals surface area (Å²) in [5, 5.41) is 3.67. The minimum Gasteiger partial charge on any atom is -0.476 e. The molecule has 122 valence electrons. The molecule has 2 rings (SSSR count). The maximum Gasteiger partial charge on any atom is 0.213 e. The van der Waals surface area contributed by atoms with E-state index >= 15 is 0 Å². The SMILES string of the molecule is CSc1ncc(C=O)c(Nc2ccc(OCCN(C)C)nc2)n1. The lowest BCUT2D eigenvalue weighted by molar-refractivity contribution is 0.112. The van der Waals surface area contributed by atoms with E-state index in [1.165, 1.54) is 18.0 Å². The van der Waals surface area contributed by atoms with Crippen molar-refractivity contribution in [3.05, 3.63) is 30.1 Å². The van der Waals surface area contributed by atoms with E-state index in [0.717, 1.165) is 18.5 Å². The fraction of sp³-hybridized carbons (Fsp3) is 0.333. The van der Waals surface area contributed by atoms with E-state index in [1.54, 1.807) is 12.3 Å². The number of rotatable bonds is 8. The van der Waals surface area contributed by atoms with E-state index in [2.05, 4.69) is 20.3 Å². The normalized spacial score (nSPS) is 10.6. The Morgan fingerprint density at radius 1 is 1.30 bits per heavy atom. The Kier molecular flexibility index (Phi) is 6.30. The van der Waals surface area contributed by atoms with Crippen LogP contribution in [0.2, 0.25) is 0 Å². The lowest BCUT2D eigenvalue weighted by Crippen LogP contribution is -2.19. The molecule has 0 radical (unpaired) electrons. The number of aromatic nitrogens is 3. The van der Waals surface area contributed by atoms with Crippen molar-refractivity contribution < 1.29 is 9.53 Å². The van der Waals surface area contributed by atoms with E-state index in [0.29, 0.717) is 29.0 Å². The highest BCUT2D eigenvalue weighted by atomic mass is 32.2. The molecule has 2 heterocycles. The molecule has 0 saturated heterocycles. The second-order valence-electron chi connectivity index (χ2n) is 4.94. The zero-order chi connectivity index (χ0) is 16.7. The number of carbonyl (C=O) groups is 1. The van der Waals surface area contributed by atoms with Gasteiger partial charge in [0.15, 0.2) is 11.4 Å². The zero-order valence-corrected chi connectivity index (χ0v) is 14.1. The largest absolute Gasteiger partial charge is 0.476 e. The number of carbonyl (C=O) groups excluding carboxylic acids is 1. The molecule has 2 aromatic rings. The Hall–Kier alpha value is -2.19. The topological polar surface area (TPSA) is 80.2 Å². The molecule has 23 heavy (non-hydrogen) atoms. The highest BCUT2D eigenvalue weighted by Gasteiger charge is 2.07. The molecule has 0 amide bonds. The fourth-order valence-corrected chi connectivity index (χ4v) is 2.01. The molecule has 1 N–H and O–H groups in total. The first-order valence-corrected chi connectivity index (χ1v) is 8.21. The third-order valence-corrected chi connectivity index (χ3v) is 3.45. The molecule has 0 aromatic carbocycles. The predicted octanol–water partition coefficient (Wildman–Crippen LogP) is 2.09. The average Bonchev–Trinajstić information content (AvgIpc) is 2.56. The second kappa shape index (κ2) is 8.44. The first kappa shape index (κ1) is 17.2. The minimum atomic E-state index is 0.397. The van der Waals surface area contributed by atoms with Crippen LogP contribution in [0.4, 0.5) is 11.5 Å². The van der Waals surface area contributed by atoms with Gasteiger partial charge in [-0.2, -0.15) is 0 Å². The summed E-state index contributed by atoms with van der Waals surface area (Å²) in [6.45, 7) is 1.40. The molecular weight excluding hydrogens is 314 g/mol. The molecular formula is C15H19N5O2S. The second-order valence-corrected chi connectivity index (χ2v) is 5.71. The van der Waals surface area contributed by atoms with Gasteiger partial charge in [0.2, 0.25) is 5.88 Å². The molecule has 0 aliphatic rings. The van der Waals surface area contributed by atoms with Crippen molar-refractivity contribution in [2.45, 2.75) is 5.16 Å². The smallest absolute Gasteiger partial charge is 0.213 e. The van der Waals surface area contributed by atoms with Crippen LogP contribution in [0.15, 0.2) is 29.7 Å². The monoisotopic (exact) mass is 333 g/mol. The number of nitrogens with zero attached hydrogens (tertiary/aromatic N) is 4. The number of aldehydes is 1. The van der Waals surface area contributed by atoms with Crippen LogP contribution in [0.25, 0.3) is 0 Å². The Bertz CT molecular complexity index is 649. The van der Waals surface area contributed by atoms with Crippen LogP contribution >= 0.6 is 11.8 Å². The number of pyridine rings is 1.